The van der Waals surface area contributed by atoms with Crippen LogP contribution in [-0.2, 0) is 4.79 Å². The van der Waals surface area contributed by atoms with Gasteiger partial charge in [0.1, 0.15) is 0 Å². The van der Waals surface area contributed by atoms with Crippen molar-refractivity contribution in [1.29, 1.82) is 0 Å². The molecule has 106 valence electrons. The van der Waals surface area contributed by atoms with Crippen LogP contribution in [0.1, 0.15) is 39.0 Å². The molecule has 0 heterocycles. The Morgan fingerprint density at radius 1 is 1.16 bits per heavy atom. The number of aliphatic carboxylic acids is 1. The summed E-state index contributed by atoms with van der Waals surface area (Å²) in [4.78, 5) is 22.7. The van der Waals surface area contributed by atoms with E-state index in [4.69, 9.17) is 5.11 Å². The van der Waals surface area contributed by atoms with Crippen LogP contribution in [0.25, 0.3) is 0 Å². The van der Waals surface area contributed by atoms with E-state index >= 15 is 0 Å². The van der Waals surface area contributed by atoms with Gasteiger partial charge < -0.3 is 15.7 Å². The number of carboxylic acid groups (broad SMARTS) is 1. The van der Waals surface area contributed by atoms with Gasteiger partial charge in [-0.05, 0) is 25.2 Å². The van der Waals surface area contributed by atoms with Crippen molar-refractivity contribution in [3.05, 3.63) is 12.2 Å². The molecule has 0 aliphatic heterocycles. The van der Waals surface area contributed by atoms with E-state index in [0.717, 1.165) is 19.3 Å². The molecule has 3 N–H and O–H groups in total. The molecule has 5 nitrogen and oxygen atoms in total. The number of rotatable bonds is 3. The largest absolute Gasteiger partial charge is 0.481 e. The van der Waals surface area contributed by atoms with Crippen LogP contribution in [0, 0.1) is 11.8 Å². The second kappa shape index (κ2) is 6.08. The topological polar surface area (TPSA) is 78.4 Å². The number of carboxylic acids is 1. The fourth-order valence-corrected chi connectivity index (χ4v) is 2.95. The maximum absolute atomic E-state index is 11.8. The predicted octanol–water partition coefficient (Wildman–Crippen LogP) is 1.89. The Labute approximate surface area is 113 Å². The molecule has 0 bridgehead atoms. The van der Waals surface area contributed by atoms with Gasteiger partial charge in [-0.25, -0.2) is 4.79 Å². The van der Waals surface area contributed by atoms with E-state index in [2.05, 4.69) is 17.6 Å². The number of hydrogen-bond acceptors (Lipinski definition) is 2. The second-order valence-electron chi connectivity index (χ2n) is 5.76. The van der Waals surface area contributed by atoms with Crippen molar-refractivity contribution in [3.8, 4) is 0 Å². The van der Waals surface area contributed by atoms with Crippen molar-refractivity contribution < 1.29 is 14.7 Å². The minimum atomic E-state index is -0.831. The first-order chi connectivity index (χ1) is 9.04. The van der Waals surface area contributed by atoms with Gasteiger partial charge in [0.2, 0.25) is 0 Å². The summed E-state index contributed by atoms with van der Waals surface area (Å²) in [6, 6.07) is -0.0914. The van der Waals surface area contributed by atoms with E-state index in [1.807, 2.05) is 0 Å². The maximum atomic E-state index is 11.8. The molecule has 4 unspecified atom stereocenters. The predicted molar refractivity (Wildman–Crippen MR) is 71.8 cm³/mol. The Morgan fingerprint density at radius 3 is 2.58 bits per heavy atom. The first-order valence-electron chi connectivity index (χ1n) is 7.02. The molecule has 0 aromatic carbocycles. The van der Waals surface area contributed by atoms with Gasteiger partial charge in [-0.3, -0.25) is 4.79 Å². The summed E-state index contributed by atoms with van der Waals surface area (Å²) in [5.74, 6) is -0.635. The summed E-state index contributed by atoms with van der Waals surface area (Å²) < 4.78 is 0. The van der Waals surface area contributed by atoms with Gasteiger partial charge in [0.25, 0.3) is 0 Å². The zero-order valence-corrected chi connectivity index (χ0v) is 11.3. The summed E-state index contributed by atoms with van der Waals surface area (Å²) in [7, 11) is 0. The van der Waals surface area contributed by atoms with Crippen LogP contribution in [0.5, 0.6) is 0 Å². The first kappa shape index (κ1) is 13.9. The van der Waals surface area contributed by atoms with E-state index in [1.54, 1.807) is 12.2 Å². The lowest BCUT2D eigenvalue weighted by Gasteiger charge is -2.28. The molecule has 2 rings (SSSR count). The van der Waals surface area contributed by atoms with Gasteiger partial charge >= 0.3 is 12.0 Å². The van der Waals surface area contributed by atoms with Gasteiger partial charge in [-0.1, -0.05) is 31.9 Å². The Kier molecular flexibility index (Phi) is 4.45. The number of carbonyl (C=O) groups is 2. The molecule has 5 heteroatoms. The van der Waals surface area contributed by atoms with Crippen LogP contribution in [0.15, 0.2) is 12.2 Å². The highest BCUT2D eigenvalue weighted by molar-refractivity contribution is 5.76. The van der Waals surface area contributed by atoms with Crippen molar-refractivity contribution in [2.75, 3.05) is 0 Å². The summed E-state index contributed by atoms with van der Waals surface area (Å²) in [5.41, 5.74) is 0. The first-order valence-corrected chi connectivity index (χ1v) is 7.02. The van der Waals surface area contributed by atoms with Crippen molar-refractivity contribution in [2.24, 2.45) is 11.8 Å². The van der Waals surface area contributed by atoms with Crippen LogP contribution >= 0.6 is 0 Å². The van der Waals surface area contributed by atoms with Crippen molar-refractivity contribution in [1.82, 2.24) is 10.6 Å². The minimum Gasteiger partial charge on any atom is -0.481 e. The number of urea groups is 1. The highest BCUT2D eigenvalue weighted by atomic mass is 16.4. The third-order valence-electron chi connectivity index (χ3n) is 3.99. The average molecular weight is 266 g/mol. The van der Waals surface area contributed by atoms with E-state index in [9.17, 15) is 9.59 Å². The third kappa shape index (κ3) is 3.98. The number of hydrogen-bond donors (Lipinski definition) is 3. The Balaban J connectivity index is 1.73. The monoisotopic (exact) mass is 266 g/mol. The minimum absolute atomic E-state index is 0.165. The van der Waals surface area contributed by atoms with Crippen LogP contribution < -0.4 is 10.6 Å². The smallest absolute Gasteiger partial charge is 0.315 e. The molecule has 0 aromatic heterocycles. The van der Waals surface area contributed by atoms with Gasteiger partial charge in [-0.2, -0.15) is 0 Å². The summed E-state index contributed by atoms with van der Waals surface area (Å²) in [6.07, 6.45) is 8.34. The summed E-state index contributed by atoms with van der Waals surface area (Å²) in [6.45, 7) is 2.21. The molecule has 2 amide bonds. The molecule has 0 aromatic rings. The number of carbonyl (C=O) groups excluding carboxylic acids is 1. The fraction of sp³-hybridized carbons (Fsp3) is 0.714. The van der Waals surface area contributed by atoms with Gasteiger partial charge in [-0.15, -0.1) is 0 Å². The van der Waals surface area contributed by atoms with Gasteiger partial charge in [0, 0.05) is 6.04 Å². The molecule has 1 fully saturated rings. The van der Waals surface area contributed by atoms with Crippen LogP contribution in [0.3, 0.4) is 0 Å². The zero-order valence-electron chi connectivity index (χ0n) is 11.3. The highest BCUT2D eigenvalue weighted by Gasteiger charge is 2.26. The molecule has 4 atom stereocenters. The fourth-order valence-electron chi connectivity index (χ4n) is 2.95. The van der Waals surface area contributed by atoms with Gasteiger partial charge in [0.05, 0.1) is 12.0 Å². The molecule has 2 aliphatic rings. The van der Waals surface area contributed by atoms with Crippen LogP contribution in [0.4, 0.5) is 4.79 Å². The summed E-state index contributed by atoms with van der Waals surface area (Å²) in [5, 5.41) is 14.7. The molecule has 0 saturated heterocycles. The zero-order chi connectivity index (χ0) is 13.8. The van der Waals surface area contributed by atoms with E-state index < -0.39 is 11.9 Å². The molecule has 0 spiro atoms. The van der Waals surface area contributed by atoms with E-state index in [0.29, 0.717) is 12.3 Å². The lowest BCUT2D eigenvalue weighted by molar-refractivity contribution is -0.140. The molecule has 1 saturated carbocycles. The quantitative estimate of drug-likeness (QED) is 0.683. The van der Waals surface area contributed by atoms with E-state index in [1.165, 1.54) is 6.42 Å². The normalized spacial score (nSPS) is 33.9. The maximum Gasteiger partial charge on any atom is 0.315 e. The number of amides is 2. The standard InChI is InChI=1S/C14H22N2O3/c1-9-3-2-4-11(7-9)15-14(19)16-12-6-5-10(8-12)13(17)18/h5-6,9-12H,2-4,7-8H2,1H3,(H,17,18)(H2,15,16,19). The Morgan fingerprint density at radius 2 is 1.95 bits per heavy atom. The number of nitrogens with one attached hydrogen (secondary N) is 2. The van der Waals surface area contributed by atoms with Crippen molar-refractivity contribution >= 4 is 12.0 Å². The van der Waals surface area contributed by atoms with Crippen LogP contribution in [-0.4, -0.2) is 29.2 Å². The second-order valence-corrected chi connectivity index (χ2v) is 5.76. The molecular formula is C14H22N2O3. The molecule has 2 aliphatic carbocycles. The molecular weight excluding hydrogens is 244 g/mol. The van der Waals surface area contributed by atoms with E-state index in [-0.39, 0.29) is 18.1 Å². The summed E-state index contributed by atoms with van der Waals surface area (Å²) >= 11 is 0. The lowest BCUT2D eigenvalue weighted by Crippen LogP contribution is -2.46. The van der Waals surface area contributed by atoms with Crippen molar-refractivity contribution in [2.45, 2.75) is 51.1 Å². The highest BCUT2D eigenvalue weighted by Crippen LogP contribution is 2.23. The van der Waals surface area contributed by atoms with Crippen LogP contribution in [0.2, 0.25) is 0 Å². The SMILES string of the molecule is CC1CCCC(NC(=O)NC2C=CC(C(=O)O)C2)C1. The average Bonchev–Trinajstić information content (AvgIpc) is 2.77. The molecule has 0 radical (unpaired) electrons. The third-order valence-corrected chi connectivity index (χ3v) is 3.99. The van der Waals surface area contributed by atoms with Crippen molar-refractivity contribution in [3.63, 3.8) is 0 Å². The Bertz CT molecular complexity index is 381. The lowest BCUT2D eigenvalue weighted by atomic mass is 9.87. The molecule has 19 heavy (non-hydrogen) atoms. The van der Waals surface area contributed by atoms with Gasteiger partial charge in [0.15, 0.2) is 0 Å². The Hall–Kier alpha value is -1.52.